The first-order valence-corrected chi connectivity index (χ1v) is 5.94. The van der Waals surface area contributed by atoms with Crippen LogP contribution in [0.5, 0.6) is 0 Å². The molecular formula is C11H23NO3. The third-order valence-electron chi connectivity index (χ3n) is 2.87. The molecule has 2 atom stereocenters. The second-order valence-electron chi connectivity index (χ2n) is 4.10. The first kappa shape index (κ1) is 12.9. The van der Waals surface area contributed by atoms with Crippen molar-refractivity contribution in [1.29, 1.82) is 0 Å². The fourth-order valence-electron chi connectivity index (χ4n) is 2.01. The molecule has 0 heterocycles. The van der Waals surface area contributed by atoms with Crippen LogP contribution in [0.15, 0.2) is 0 Å². The molecule has 1 aliphatic carbocycles. The summed E-state index contributed by atoms with van der Waals surface area (Å²) in [5.41, 5.74) is 0. The summed E-state index contributed by atoms with van der Waals surface area (Å²) >= 11 is 0. The zero-order valence-corrected chi connectivity index (χ0v) is 9.32. The molecule has 2 unspecified atom stereocenters. The Morgan fingerprint density at radius 2 is 1.93 bits per heavy atom. The molecule has 1 saturated carbocycles. The highest BCUT2D eigenvalue weighted by Gasteiger charge is 2.20. The Hall–Kier alpha value is -0.160. The van der Waals surface area contributed by atoms with Crippen molar-refractivity contribution in [3.05, 3.63) is 0 Å². The van der Waals surface area contributed by atoms with E-state index in [0.29, 0.717) is 13.2 Å². The highest BCUT2D eigenvalue weighted by Crippen LogP contribution is 2.17. The maximum absolute atomic E-state index is 9.81. The lowest BCUT2D eigenvalue weighted by atomic mass is 10.1. The highest BCUT2D eigenvalue weighted by atomic mass is 16.5. The molecule has 0 amide bonds. The molecule has 0 aromatic carbocycles. The number of hydrogen-bond acceptors (Lipinski definition) is 4. The van der Waals surface area contributed by atoms with E-state index in [1.807, 2.05) is 0 Å². The van der Waals surface area contributed by atoms with Gasteiger partial charge in [-0.3, -0.25) is 0 Å². The molecule has 0 aliphatic heterocycles. The molecular weight excluding hydrogens is 194 g/mol. The minimum atomic E-state index is -0.203. The minimum absolute atomic E-state index is 0.0754. The van der Waals surface area contributed by atoms with E-state index in [2.05, 4.69) is 5.32 Å². The SMILES string of the molecule is OCCOCCNC1CCCCCC1O. The van der Waals surface area contributed by atoms with Gasteiger partial charge in [0.1, 0.15) is 0 Å². The van der Waals surface area contributed by atoms with E-state index in [-0.39, 0.29) is 18.8 Å². The van der Waals surface area contributed by atoms with Gasteiger partial charge >= 0.3 is 0 Å². The van der Waals surface area contributed by atoms with Gasteiger partial charge < -0.3 is 20.3 Å². The van der Waals surface area contributed by atoms with Crippen LogP contribution in [-0.4, -0.2) is 48.7 Å². The lowest BCUT2D eigenvalue weighted by molar-refractivity contribution is 0.0816. The first-order valence-electron chi connectivity index (χ1n) is 5.94. The maximum Gasteiger partial charge on any atom is 0.0698 e. The fourth-order valence-corrected chi connectivity index (χ4v) is 2.01. The van der Waals surface area contributed by atoms with E-state index in [4.69, 9.17) is 9.84 Å². The number of ether oxygens (including phenoxy) is 1. The molecule has 0 bridgehead atoms. The zero-order chi connectivity index (χ0) is 10.9. The van der Waals surface area contributed by atoms with Gasteiger partial charge in [-0.15, -0.1) is 0 Å². The van der Waals surface area contributed by atoms with Crippen LogP contribution in [-0.2, 0) is 4.74 Å². The van der Waals surface area contributed by atoms with Crippen LogP contribution >= 0.6 is 0 Å². The summed E-state index contributed by atoms with van der Waals surface area (Å²) in [5.74, 6) is 0. The van der Waals surface area contributed by atoms with Crippen molar-refractivity contribution in [3.8, 4) is 0 Å². The van der Waals surface area contributed by atoms with Gasteiger partial charge in [-0.1, -0.05) is 19.3 Å². The predicted octanol–water partition coefficient (Wildman–Crippen LogP) is 0.278. The average Bonchev–Trinajstić information content (AvgIpc) is 2.44. The van der Waals surface area contributed by atoms with Crippen LogP contribution in [0.2, 0.25) is 0 Å². The Morgan fingerprint density at radius 3 is 2.73 bits per heavy atom. The molecule has 0 aromatic heterocycles. The van der Waals surface area contributed by atoms with E-state index in [1.54, 1.807) is 0 Å². The number of aliphatic hydroxyl groups excluding tert-OH is 2. The standard InChI is InChI=1S/C11H23NO3/c13-7-9-15-8-6-12-10-4-2-1-3-5-11(10)14/h10-14H,1-9H2. The van der Waals surface area contributed by atoms with E-state index in [0.717, 1.165) is 25.8 Å². The zero-order valence-electron chi connectivity index (χ0n) is 9.32. The summed E-state index contributed by atoms with van der Waals surface area (Å²) in [6.07, 6.45) is 5.34. The van der Waals surface area contributed by atoms with Crippen LogP contribution in [0.3, 0.4) is 0 Å². The minimum Gasteiger partial charge on any atom is -0.394 e. The summed E-state index contributed by atoms with van der Waals surface area (Å²) < 4.78 is 5.15. The van der Waals surface area contributed by atoms with E-state index < -0.39 is 0 Å². The second kappa shape index (κ2) is 8.05. The number of nitrogens with one attached hydrogen (secondary N) is 1. The van der Waals surface area contributed by atoms with Crippen molar-refractivity contribution in [2.75, 3.05) is 26.4 Å². The second-order valence-corrected chi connectivity index (χ2v) is 4.10. The van der Waals surface area contributed by atoms with Crippen LogP contribution in [0.4, 0.5) is 0 Å². The summed E-state index contributed by atoms with van der Waals surface area (Å²) in [5, 5.41) is 21.6. The molecule has 0 spiro atoms. The molecule has 1 aliphatic rings. The molecule has 1 fully saturated rings. The van der Waals surface area contributed by atoms with Gasteiger partial charge in [0.15, 0.2) is 0 Å². The van der Waals surface area contributed by atoms with Crippen molar-refractivity contribution in [2.45, 2.75) is 44.2 Å². The molecule has 15 heavy (non-hydrogen) atoms. The Morgan fingerprint density at radius 1 is 1.13 bits per heavy atom. The van der Waals surface area contributed by atoms with E-state index in [1.165, 1.54) is 12.8 Å². The van der Waals surface area contributed by atoms with Crippen LogP contribution in [0.25, 0.3) is 0 Å². The molecule has 0 radical (unpaired) electrons. The van der Waals surface area contributed by atoms with Crippen LogP contribution in [0, 0.1) is 0 Å². The van der Waals surface area contributed by atoms with Gasteiger partial charge in [0.25, 0.3) is 0 Å². The van der Waals surface area contributed by atoms with Crippen LogP contribution in [0.1, 0.15) is 32.1 Å². The average molecular weight is 217 g/mol. The number of rotatable bonds is 6. The Balaban J connectivity index is 2.07. The highest BCUT2D eigenvalue weighted by molar-refractivity contribution is 4.78. The summed E-state index contributed by atoms with van der Waals surface area (Å²) in [6.45, 7) is 1.83. The van der Waals surface area contributed by atoms with E-state index >= 15 is 0 Å². The summed E-state index contributed by atoms with van der Waals surface area (Å²) in [6, 6.07) is 0.227. The molecule has 0 aromatic rings. The van der Waals surface area contributed by atoms with Crippen molar-refractivity contribution in [2.24, 2.45) is 0 Å². The molecule has 3 N–H and O–H groups in total. The van der Waals surface area contributed by atoms with Gasteiger partial charge in [0.2, 0.25) is 0 Å². The monoisotopic (exact) mass is 217 g/mol. The quantitative estimate of drug-likeness (QED) is 0.442. The maximum atomic E-state index is 9.81. The van der Waals surface area contributed by atoms with Gasteiger partial charge in [0.05, 0.1) is 25.9 Å². The van der Waals surface area contributed by atoms with Gasteiger partial charge in [0, 0.05) is 12.6 Å². The lowest BCUT2D eigenvalue weighted by Gasteiger charge is -2.21. The Bertz CT molecular complexity index is 155. The van der Waals surface area contributed by atoms with Crippen molar-refractivity contribution < 1.29 is 14.9 Å². The fraction of sp³-hybridized carbons (Fsp3) is 1.00. The van der Waals surface area contributed by atoms with Crippen molar-refractivity contribution in [3.63, 3.8) is 0 Å². The van der Waals surface area contributed by atoms with Gasteiger partial charge in [-0.25, -0.2) is 0 Å². The summed E-state index contributed by atoms with van der Waals surface area (Å²) in [4.78, 5) is 0. The molecule has 90 valence electrons. The Labute approximate surface area is 91.6 Å². The third kappa shape index (κ3) is 5.47. The molecule has 1 rings (SSSR count). The summed E-state index contributed by atoms with van der Waals surface area (Å²) in [7, 11) is 0. The van der Waals surface area contributed by atoms with E-state index in [9.17, 15) is 5.11 Å². The third-order valence-corrected chi connectivity index (χ3v) is 2.87. The van der Waals surface area contributed by atoms with Crippen molar-refractivity contribution in [1.82, 2.24) is 5.32 Å². The topological polar surface area (TPSA) is 61.7 Å². The number of hydrogen-bond donors (Lipinski definition) is 3. The van der Waals surface area contributed by atoms with Crippen LogP contribution < -0.4 is 5.32 Å². The normalized spacial score (nSPS) is 27.6. The number of aliphatic hydroxyl groups is 2. The van der Waals surface area contributed by atoms with Gasteiger partial charge in [-0.2, -0.15) is 0 Å². The predicted molar refractivity (Wildman–Crippen MR) is 58.8 cm³/mol. The first-order chi connectivity index (χ1) is 7.34. The Kier molecular flexibility index (Phi) is 6.92. The lowest BCUT2D eigenvalue weighted by Crippen LogP contribution is -2.40. The largest absolute Gasteiger partial charge is 0.394 e. The molecule has 4 heteroatoms. The molecule has 4 nitrogen and oxygen atoms in total. The van der Waals surface area contributed by atoms with Crippen molar-refractivity contribution >= 4 is 0 Å². The smallest absolute Gasteiger partial charge is 0.0698 e. The molecule has 0 saturated heterocycles. The van der Waals surface area contributed by atoms with Gasteiger partial charge in [-0.05, 0) is 12.8 Å².